The lowest BCUT2D eigenvalue weighted by Crippen LogP contribution is -2.40. The maximum Gasteiger partial charge on any atom is 0.232 e. The molecule has 0 aliphatic carbocycles. The highest BCUT2D eigenvalue weighted by atomic mass is 35.5. The van der Waals surface area contributed by atoms with Crippen LogP contribution in [-0.4, -0.2) is 23.2 Å². The normalized spacial score (nSPS) is 14.0. The minimum atomic E-state index is 0. The largest absolute Gasteiger partial charge is 0.339 e. The predicted octanol–water partition coefficient (Wildman–Crippen LogP) is 5.53. The van der Waals surface area contributed by atoms with E-state index in [2.05, 4.69) is 46.6 Å². The Bertz CT molecular complexity index is 622. The van der Waals surface area contributed by atoms with Crippen molar-refractivity contribution in [2.24, 2.45) is 0 Å². The van der Waals surface area contributed by atoms with Gasteiger partial charge in [-0.3, -0.25) is 0 Å². The molecule has 1 aliphatic heterocycles. The molecule has 1 aromatic carbocycles. The lowest BCUT2D eigenvalue weighted by atomic mass is 10.0. The van der Waals surface area contributed by atoms with Gasteiger partial charge < -0.3 is 9.84 Å². The molecule has 0 spiro atoms. The van der Waals surface area contributed by atoms with E-state index < -0.39 is 0 Å². The molecule has 144 valence electrons. The van der Waals surface area contributed by atoms with Gasteiger partial charge in [-0.1, -0.05) is 81.3 Å². The zero-order chi connectivity index (χ0) is 17.3. The molecule has 5 heteroatoms. The van der Waals surface area contributed by atoms with E-state index in [0.29, 0.717) is 11.7 Å². The van der Waals surface area contributed by atoms with Crippen LogP contribution in [0.4, 0.5) is 0 Å². The third-order valence-corrected chi connectivity index (χ3v) is 5.10. The summed E-state index contributed by atoms with van der Waals surface area (Å²) >= 11 is 0. The second-order valence-corrected chi connectivity index (χ2v) is 7.23. The number of halogens is 1. The number of aryl methyl sites for hydroxylation is 1. The molecule has 4 nitrogen and oxygen atoms in total. The molecule has 1 fully saturated rings. The van der Waals surface area contributed by atoms with Crippen LogP contribution in [0, 0.1) is 0 Å². The fraction of sp³-hybridized carbons (Fsp3) is 0.619. The van der Waals surface area contributed by atoms with Gasteiger partial charge in [-0.25, -0.2) is 0 Å². The van der Waals surface area contributed by atoms with E-state index in [-0.39, 0.29) is 12.4 Å². The van der Waals surface area contributed by atoms with Gasteiger partial charge in [0, 0.05) is 18.7 Å². The number of aromatic nitrogens is 2. The number of nitrogens with zero attached hydrogens (tertiary/aromatic N) is 2. The monoisotopic (exact) mass is 377 g/mol. The van der Waals surface area contributed by atoms with Crippen LogP contribution in [0.1, 0.15) is 75.7 Å². The first-order valence-electron chi connectivity index (χ1n) is 10.0. The maximum absolute atomic E-state index is 5.38. The molecule has 1 aliphatic rings. The van der Waals surface area contributed by atoms with Crippen molar-refractivity contribution in [1.82, 2.24) is 15.5 Å². The average Bonchev–Trinajstić information content (AvgIpc) is 3.05. The van der Waals surface area contributed by atoms with Gasteiger partial charge in [-0.15, -0.1) is 12.4 Å². The number of unbranched alkanes of at least 4 members (excludes halogenated alkanes) is 7. The zero-order valence-corrected chi connectivity index (χ0v) is 16.7. The Morgan fingerprint density at radius 2 is 1.62 bits per heavy atom. The average molecular weight is 378 g/mol. The first kappa shape index (κ1) is 20.9. The van der Waals surface area contributed by atoms with E-state index in [9.17, 15) is 0 Å². The van der Waals surface area contributed by atoms with Crippen molar-refractivity contribution in [3.63, 3.8) is 0 Å². The highest BCUT2D eigenvalue weighted by Crippen LogP contribution is 2.22. The summed E-state index contributed by atoms with van der Waals surface area (Å²) in [5, 5.41) is 7.35. The third kappa shape index (κ3) is 6.10. The van der Waals surface area contributed by atoms with Crippen LogP contribution in [0.15, 0.2) is 28.8 Å². The van der Waals surface area contributed by atoms with Gasteiger partial charge in [-0.2, -0.15) is 4.98 Å². The summed E-state index contributed by atoms with van der Waals surface area (Å²) in [4.78, 5) is 4.53. The van der Waals surface area contributed by atoms with Crippen LogP contribution in [0.5, 0.6) is 0 Å². The summed E-state index contributed by atoms with van der Waals surface area (Å²) in [6.07, 6.45) is 12.1. The minimum Gasteiger partial charge on any atom is -0.339 e. The van der Waals surface area contributed by atoms with Crippen molar-refractivity contribution in [3.05, 3.63) is 35.7 Å². The molecule has 0 atom stereocenters. The Hall–Kier alpha value is -1.39. The van der Waals surface area contributed by atoms with Crippen LogP contribution < -0.4 is 5.32 Å². The van der Waals surface area contributed by atoms with E-state index in [1.54, 1.807) is 0 Å². The molecule has 0 bridgehead atoms. The Balaban J connectivity index is 0.00000243. The van der Waals surface area contributed by atoms with Crippen LogP contribution in [0.3, 0.4) is 0 Å². The smallest absolute Gasteiger partial charge is 0.232 e. The van der Waals surface area contributed by atoms with Crippen LogP contribution >= 0.6 is 12.4 Å². The van der Waals surface area contributed by atoms with Gasteiger partial charge in [0.1, 0.15) is 0 Å². The molecular weight excluding hydrogens is 346 g/mol. The number of hydrogen-bond donors (Lipinski definition) is 1. The topological polar surface area (TPSA) is 51.0 Å². The molecule has 0 radical (unpaired) electrons. The summed E-state index contributed by atoms with van der Waals surface area (Å²) in [6.45, 7) is 4.16. The first-order valence-corrected chi connectivity index (χ1v) is 10.0. The zero-order valence-electron chi connectivity index (χ0n) is 15.9. The summed E-state index contributed by atoms with van der Waals surface area (Å²) in [5.74, 6) is 1.86. The fourth-order valence-corrected chi connectivity index (χ4v) is 3.27. The summed E-state index contributed by atoms with van der Waals surface area (Å²) in [7, 11) is 0. The lowest BCUT2D eigenvalue weighted by molar-refractivity contribution is 0.308. The van der Waals surface area contributed by atoms with Crippen molar-refractivity contribution in [1.29, 1.82) is 0 Å². The van der Waals surface area contributed by atoms with Crippen LogP contribution in [-0.2, 0) is 6.42 Å². The van der Waals surface area contributed by atoms with Gasteiger partial charge in [0.05, 0.1) is 5.92 Å². The standard InChI is InChI=1S/C21H31N3O.ClH/c1-2-3-4-5-6-7-8-9-10-17-11-13-18(14-12-17)20-23-21(25-24-20)19-15-22-16-19;/h11-14,19,22H,2-10,15-16H2,1H3;1H. The minimum absolute atomic E-state index is 0. The molecule has 2 aromatic rings. The molecular formula is C21H32ClN3O. The SMILES string of the molecule is CCCCCCCCCCc1ccc(-c2noc(C3CNC3)n2)cc1.Cl. The molecule has 0 amide bonds. The third-order valence-electron chi connectivity index (χ3n) is 5.10. The predicted molar refractivity (Wildman–Crippen MR) is 109 cm³/mol. The molecule has 0 saturated carbocycles. The molecule has 0 unspecified atom stereocenters. The summed E-state index contributed by atoms with van der Waals surface area (Å²) < 4.78 is 5.38. The second kappa shape index (κ2) is 11.3. The van der Waals surface area contributed by atoms with Gasteiger partial charge in [-0.05, 0) is 18.4 Å². The molecule has 3 rings (SSSR count). The van der Waals surface area contributed by atoms with Crippen LogP contribution in [0.2, 0.25) is 0 Å². The lowest BCUT2D eigenvalue weighted by Gasteiger charge is -2.22. The second-order valence-electron chi connectivity index (χ2n) is 7.23. The molecule has 1 saturated heterocycles. The number of rotatable bonds is 11. The molecule has 2 heterocycles. The maximum atomic E-state index is 5.38. The van der Waals surface area contributed by atoms with E-state index in [1.165, 1.54) is 63.4 Å². The van der Waals surface area contributed by atoms with Crippen molar-refractivity contribution in [2.45, 2.75) is 70.6 Å². The van der Waals surface area contributed by atoms with Crippen molar-refractivity contribution in [3.8, 4) is 11.4 Å². The van der Waals surface area contributed by atoms with Crippen molar-refractivity contribution in [2.75, 3.05) is 13.1 Å². The highest BCUT2D eigenvalue weighted by Gasteiger charge is 2.25. The van der Waals surface area contributed by atoms with E-state index >= 15 is 0 Å². The Morgan fingerprint density at radius 1 is 0.962 bits per heavy atom. The summed E-state index contributed by atoms with van der Waals surface area (Å²) in [6, 6.07) is 8.65. The van der Waals surface area contributed by atoms with E-state index in [1.807, 2.05) is 0 Å². The Morgan fingerprint density at radius 3 is 2.23 bits per heavy atom. The number of nitrogens with one attached hydrogen (secondary N) is 1. The fourth-order valence-electron chi connectivity index (χ4n) is 3.27. The van der Waals surface area contributed by atoms with Crippen molar-refractivity contribution >= 4 is 12.4 Å². The molecule has 1 aromatic heterocycles. The van der Waals surface area contributed by atoms with Gasteiger partial charge in [0.25, 0.3) is 0 Å². The molecule has 1 N–H and O–H groups in total. The summed E-state index contributed by atoms with van der Waals surface area (Å²) in [5.41, 5.74) is 2.45. The van der Waals surface area contributed by atoms with E-state index in [4.69, 9.17) is 4.52 Å². The highest BCUT2D eigenvalue weighted by molar-refractivity contribution is 5.85. The van der Waals surface area contributed by atoms with Crippen LogP contribution in [0.25, 0.3) is 11.4 Å². The van der Waals surface area contributed by atoms with Crippen molar-refractivity contribution < 1.29 is 4.52 Å². The number of hydrogen-bond acceptors (Lipinski definition) is 4. The van der Waals surface area contributed by atoms with Gasteiger partial charge in [0.15, 0.2) is 0 Å². The Kier molecular flexibility index (Phi) is 9.13. The van der Waals surface area contributed by atoms with Gasteiger partial charge >= 0.3 is 0 Å². The van der Waals surface area contributed by atoms with E-state index in [0.717, 1.165) is 24.5 Å². The quantitative estimate of drug-likeness (QED) is 0.523. The Labute approximate surface area is 163 Å². The molecule has 26 heavy (non-hydrogen) atoms. The van der Waals surface area contributed by atoms with Gasteiger partial charge in [0.2, 0.25) is 11.7 Å². The first-order chi connectivity index (χ1) is 12.4. The number of benzene rings is 1.